The van der Waals surface area contributed by atoms with E-state index in [2.05, 4.69) is 78.0 Å². The Kier molecular flexibility index (Phi) is 9.67. The first-order valence-corrected chi connectivity index (χ1v) is 17.3. The number of fused-ring (bicyclic) bond motifs is 3. The van der Waals surface area contributed by atoms with Crippen molar-refractivity contribution in [1.82, 2.24) is 14.8 Å². The lowest BCUT2D eigenvalue weighted by atomic mass is 9.80. The Morgan fingerprint density at radius 2 is 1.80 bits per heavy atom. The molecule has 2 aromatic rings. The van der Waals surface area contributed by atoms with Gasteiger partial charge < -0.3 is 19.6 Å². The number of hydrogen-bond acceptors (Lipinski definition) is 6. The van der Waals surface area contributed by atoms with Crippen LogP contribution >= 0.6 is 0 Å². The number of aryl methyl sites for hydroxylation is 1. The zero-order chi connectivity index (χ0) is 32.4. The number of aliphatic carboxylic acids is 1. The Morgan fingerprint density at radius 3 is 2.48 bits per heavy atom. The van der Waals surface area contributed by atoms with E-state index in [4.69, 9.17) is 9.72 Å². The number of carboxylic acids is 1. The van der Waals surface area contributed by atoms with Crippen molar-refractivity contribution in [2.75, 3.05) is 50.8 Å². The molecule has 4 heterocycles. The summed E-state index contributed by atoms with van der Waals surface area (Å²) in [4.78, 5) is 37.7. The Hall–Kier alpha value is -3.49. The van der Waals surface area contributed by atoms with Crippen LogP contribution in [0.3, 0.4) is 0 Å². The molecule has 0 radical (unpaired) electrons. The maximum atomic E-state index is 14.1. The molecule has 1 aliphatic carbocycles. The lowest BCUT2D eigenvalue weighted by Crippen LogP contribution is -2.51. The van der Waals surface area contributed by atoms with Gasteiger partial charge in [0.25, 0.3) is 0 Å². The number of anilines is 1. The summed E-state index contributed by atoms with van der Waals surface area (Å²) in [6, 6.07) is 8.80. The second-order valence-corrected chi connectivity index (χ2v) is 13.8. The Labute approximate surface area is 274 Å². The normalized spacial score (nSPS) is 22.4. The molecular formula is C38H50N4O4. The second kappa shape index (κ2) is 13.7. The van der Waals surface area contributed by atoms with E-state index in [9.17, 15) is 14.7 Å². The van der Waals surface area contributed by atoms with E-state index in [1.807, 2.05) is 6.92 Å². The SMILES string of the molecule is CCCN1CCN(C(=O)[C@H](c2ccc(CN3c4nc(C)c(CCC(=O)O)c(C)c4C4=CC=CCC43C)cc2)C2CCOCC2)CC1. The summed E-state index contributed by atoms with van der Waals surface area (Å²) in [6.07, 6.45) is 11.0. The summed E-state index contributed by atoms with van der Waals surface area (Å²) >= 11 is 0. The summed E-state index contributed by atoms with van der Waals surface area (Å²) in [7, 11) is 0. The summed E-state index contributed by atoms with van der Waals surface area (Å²) in [5.41, 5.74) is 7.55. The van der Waals surface area contributed by atoms with Gasteiger partial charge in [0.2, 0.25) is 5.91 Å². The van der Waals surface area contributed by atoms with Crippen molar-refractivity contribution < 1.29 is 19.4 Å². The van der Waals surface area contributed by atoms with Crippen molar-refractivity contribution in [1.29, 1.82) is 0 Å². The molecule has 1 N–H and O–H groups in total. The zero-order valence-corrected chi connectivity index (χ0v) is 28.1. The zero-order valence-electron chi connectivity index (χ0n) is 28.1. The molecule has 2 fully saturated rings. The maximum Gasteiger partial charge on any atom is 0.303 e. The predicted octanol–water partition coefficient (Wildman–Crippen LogP) is 5.90. The first-order valence-electron chi connectivity index (χ1n) is 17.3. The minimum absolute atomic E-state index is 0.0981. The van der Waals surface area contributed by atoms with Crippen LogP contribution in [0.15, 0.2) is 42.5 Å². The Morgan fingerprint density at radius 1 is 1.09 bits per heavy atom. The Balaban J connectivity index is 1.27. The third-order valence-corrected chi connectivity index (χ3v) is 10.9. The molecule has 8 heteroatoms. The number of amides is 1. The number of ether oxygens (including phenoxy) is 1. The van der Waals surface area contributed by atoms with Crippen LogP contribution in [-0.4, -0.2) is 83.2 Å². The molecule has 246 valence electrons. The van der Waals surface area contributed by atoms with Crippen molar-refractivity contribution in [3.8, 4) is 0 Å². The second-order valence-electron chi connectivity index (χ2n) is 13.8. The van der Waals surface area contributed by atoms with Crippen LogP contribution in [0.1, 0.15) is 85.4 Å². The molecule has 1 amide bonds. The van der Waals surface area contributed by atoms with Crippen molar-refractivity contribution in [2.24, 2.45) is 5.92 Å². The number of allylic oxidation sites excluding steroid dienone is 2. The molecule has 0 bridgehead atoms. The number of nitrogens with zero attached hydrogens (tertiary/aromatic N) is 4. The van der Waals surface area contributed by atoms with E-state index in [1.54, 1.807) is 0 Å². The highest BCUT2D eigenvalue weighted by Crippen LogP contribution is 2.52. The number of pyridine rings is 1. The molecule has 1 aromatic carbocycles. The van der Waals surface area contributed by atoms with Gasteiger partial charge in [0.1, 0.15) is 5.82 Å². The molecule has 6 rings (SSSR count). The van der Waals surface area contributed by atoms with Crippen LogP contribution in [0.25, 0.3) is 5.57 Å². The van der Waals surface area contributed by atoms with E-state index in [-0.39, 0.29) is 29.7 Å². The van der Waals surface area contributed by atoms with E-state index in [0.717, 1.165) is 105 Å². The number of benzene rings is 1. The lowest BCUT2D eigenvalue weighted by molar-refractivity contribution is -0.137. The molecule has 1 aromatic heterocycles. The van der Waals surface area contributed by atoms with Crippen molar-refractivity contribution in [3.63, 3.8) is 0 Å². The number of carbonyl (C=O) groups is 2. The van der Waals surface area contributed by atoms with E-state index >= 15 is 0 Å². The molecule has 4 aliphatic rings. The van der Waals surface area contributed by atoms with Gasteiger partial charge in [0.15, 0.2) is 0 Å². The van der Waals surface area contributed by atoms with Gasteiger partial charge in [0.05, 0.1) is 11.5 Å². The van der Waals surface area contributed by atoms with Crippen LogP contribution in [0.4, 0.5) is 5.82 Å². The first kappa shape index (κ1) is 32.5. The topological polar surface area (TPSA) is 86.2 Å². The highest BCUT2D eigenvalue weighted by molar-refractivity contribution is 5.93. The number of piperazine rings is 1. The monoisotopic (exact) mass is 626 g/mol. The molecule has 3 aliphatic heterocycles. The van der Waals surface area contributed by atoms with E-state index in [0.29, 0.717) is 13.0 Å². The van der Waals surface area contributed by atoms with Gasteiger partial charge in [-0.15, -0.1) is 0 Å². The molecule has 46 heavy (non-hydrogen) atoms. The average Bonchev–Trinajstić information content (AvgIpc) is 3.30. The summed E-state index contributed by atoms with van der Waals surface area (Å²) in [5.74, 6) is 0.610. The Bertz CT molecular complexity index is 1500. The quantitative estimate of drug-likeness (QED) is 0.351. The highest BCUT2D eigenvalue weighted by atomic mass is 16.5. The van der Waals surface area contributed by atoms with Crippen LogP contribution < -0.4 is 4.90 Å². The van der Waals surface area contributed by atoms with Crippen LogP contribution in [-0.2, 0) is 27.3 Å². The smallest absolute Gasteiger partial charge is 0.303 e. The van der Waals surface area contributed by atoms with Gasteiger partial charge in [-0.3, -0.25) is 14.5 Å². The minimum Gasteiger partial charge on any atom is -0.481 e. The molecule has 0 spiro atoms. The van der Waals surface area contributed by atoms with Crippen molar-refractivity contribution in [3.05, 3.63) is 76.0 Å². The van der Waals surface area contributed by atoms with E-state index < -0.39 is 5.97 Å². The fraction of sp³-hybridized carbons (Fsp3) is 0.553. The molecule has 2 atom stereocenters. The van der Waals surface area contributed by atoms with Gasteiger partial charge in [0, 0.05) is 63.6 Å². The average molecular weight is 627 g/mol. The number of carbonyl (C=O) groups excluding carboxylic acids is 1. The summed E-state index contributed by atoms with van der Waals surface area (Å²) in [5, 5.41) is 9.36. The third kappa shape index (κ3) is 6.26. The van der Waals surface area contributed by atoms with Gasteiger partial charge in [-0.1, -0.05) is 49.4 Å². The minimum atomic E-state index is -0.788. The highest BCUT2D eigenvalue weighted by Gasteiger charge is 2.46. The molecule has 0 saturated carbocycles. The standard InChI is InChI=1S/C38H50N4O4/c1-5-18-40-19-21-41(22-20-40)37(45)35(30-15-23-46-24-16-30)29-11-9-28(10-12-29)25-42-36-34(32-8-6-7-17-38(32,42)4)26(2)31(27(3)39-36)13-14-33(43)44/h6-12,30,35H,5,13-25H2,1-4H3,(H,43,44)/t35-,38?/m1/s1. The third-order valence-electron chi connectivity index (χ3n) is 10.9. The molecule has 2 saturated heterocycles. The van der Waals surface area contributed by atoms with Gasteiger partial charge in [-0.05, 0) is 93.2 Å². The lowest BCUT2D eigenvalue weighted by Gasteiger charge is -2.39. The molecule has 8 nitrogen and oxygen atoms in total. The van der Waals surface area contributed by atoms with Crippen LogP contribution in [0, 0.1) is 19.8 Å². The maximum absolute atomic E-state index is 14.1. The van der Waals surface area contributed by atoms with Crippen molar-refractivity contribution in [2.45, 2.75) is 84.2 Å². The van der Waals surface area contributed by atoms with E-state index in [1.165, 1.54) is 11.1 Å². The van der Waals surface area contributed by atoms with Crippen molar-refractivity contribution >= 4 is 23.3 Å². The number of rotatable bonds is 10. The fourth-order valence-corrected chi connectivity index (χ4v) is 8.22. The number of aromatic nitrogens is 1. The fourth-order valence-electron chi connectivity index (χ4n) is 8.22. The predicted molar refractivity (Wildman–Crippen MR) is 182 cm³/mol. The first-order chi connectivity index (χ1) is 22.2. The van der Waals surface area contributed by atoms with Gasteiger partial charge in [-0.2, -0.15) is 0 Å². The largest absolute Gasteiger partial charge is 0.481 e. The summed E-state index contributed by atoms with van der Waals surface area (Å²) in [6.45, 7) is 15.4. The van der Waals surface area contributed by atoms with Gasteiger partial charge in [-0.25, -0.2) is 4.98 Å². The molecular weight excluding hydrogens is 576 g/mol. The molecule has 1 unspecified atom stereocenters. The van der Waals surface area contributed by atoms with Crippen LogP contribution in [0.2, 0.25) is 0 Å². The van der Waals surface area contributed by atoms with Crippen LogP contribution in [0.5, 0.6) is 0 Å². The number of hydrogen-bond donors (Lipinski definition) is 1. The van der Waals surface area contributed by atoms with Gasteiger partial charge >= 0.3 is 5.97 Å². The summed E-state index contributed by atoms with van der Waals surface area (Å²) < 4.78 is 5.70. The number of carboxylic acid groups (broad SMARTS) is 1.